The zero-order valence-electron chi connectivity index (χ0n) is 9.72. The Morgan fingerprint density at radius 2 is 2.00 bits per heavy atom. The van der Waals surface area contributed by atoms with Crippen LogP contribution in [-0.2, 0) is 0 Å². The van der Waals surface area contributed by atoms with E-state index in [1.165, 1.54) is 0 Å². The van der Waals surface area contributed by atoms with Crippen LogP contribution in [0.1, 0.15) is 11.5 Å². The standard InChI is InChI=1S/C13H9BrN4S/c14-10-4-2-1-3-7(10)11-8(5-15)12(17)19-13(18)9(11)6-16/h1-4,8,11,17H,18H2/t8-,11+/m0/s1. The number of hydrogen-bond acceptors (Lipinski definition) is 5. The molecule has 6 heteroatoms. The normalized spacial score (nSPS) is 22.8. The number of hydrogen-bond donors (Lipinski definition) is 2. The van der Waals surface area contributed by atoms with Crippen molar-refractivity contribution in [2.24, 2.45) is 11.7 Å². The molecule has 0 spiro atoms. The molecule has 1 aliphatic heterocycles. The van der Waals surface area contributed by atoms with Crippen molar-refractivity contribution in [3.05, 3.63) is 44.9 Å². The van der Waals surface area contributed by atoms with E-state index in [0.29, 0.717) is 10.6 Å². The summed E-state index contributed by atoms with van der Waals surface area (Å²) in [6.45, 7) is 0. The van der Waals surface area contributed by atoms with Crippen molar-refractivity contribution in [1.82, 2.24) is 0 Å². The van der Waals surface area contributed by atoms with Gasteiger partial charge in [0.15, 0.2) is 0 Å². The summed E-state index contributed by atoms with van der Waals surface area (Å²) in [5, 5.41) is 27.0. The van der Waals surface area contributed by atoms with E-state index in [1.807, 2.05) is 24.3 Å². The molecule has 0 aliphatic carbocycles. The molecule has 0 radical (unpaired) electrons. The van der Waals surface area contributed by atoms with E-state index in [9.17, 15) is 10.5 Å². The molecule has 0 amide bonds. The first-order valence-electron chi connectivity index (χ1n) is 5.40. The number of rotatable bonds is 1. The van der Waals surface area contributed by atoms with Gasteiger partial charge in [-0.05, 0) is 11.6 Å². The first kappa shape index (κ1) is 13.7. The van der Waals surface area contributed by atoms with Gasteiger partial charge in [0.25, 0.3) is 0 Å². The molecular weight excluding hydrogens is 324 g/mol. The molecule has 1 heterocycles. The summed E-state index contributed by atoms with van der Waals surface area (Å²) in [7, 11) is 0. The van der Waals surface area contributed by atoms with Crippen LogP contribution >= 0.6 is 27.7 Å². The Labute approximate surface area is 123 Å². The van der Waals surface area contributed by atoms with Gasteiger partial charge in [-0.2, -0.15) is 10.5 Å². The molecule has 1 aliphatic rings. The van der Waals surface area contributed by atoms with Crippen LogP contribution in [0, 0.1) is 34.0 Å². The lowest BCUT2D eigenvalue weighted by atomic mass is 9.82. The monoisotopic (exact) mass is 332 g/mol. The lowest BCUT2D eigenvalue weighted by Crippen LogP contribution is -2.27. The lowest BCUT2D eigenvalue weighted by molar-refractivity contribution is 0.726. The van der Waals surface area contributed by atoms with Gasteiger partial charge in [0.1, 0.15) is 5.92 Å². The van der Waals surface area contributed by atoms with Gasteiger partial charge in [-0.25, -0.2) is 0 Å². The minimum absolute atomic E-state index is 0.180. The van der Waals surface area contributed by atoms with Crippen molar-refractivity contribution >= 4 is 32.7 Å². The fraction of sp³-hybridized carbons (Fsp3) is 0.154. The maximum absolute atomic E-state index is 9.29. The second-order valence-electron chi connectivity index (χ2n) is 3.96. The average molecular weight is 333 g/mol. The van der Waals surface area contributed by atoms with Crippen molar-refractivity contribution in [2.45, 2.75) is 5.92 Å². The number of nitriles is 2. The fourth-order valence-corrected chi connectivity index (χ4v) is 3.40. The maximum Gasteiger partial charge on any atom is 0.106 e. The van der Waals surface area contributed by atoms with E-state index in [1.54, 1.807) is 0 Å². The van der Waals surface area contributed by atoms with E-state index in [4.69, 9.17) is 11.1 Å². The number of benzene rings is 1. The van der Waals surface area contributed by atoms with E-state index >= 15 is 0 Å². The minimum Gasteiger partial charge on any atom is -0.392 e. The van der Waals surface area contributed by atoms with Crippen molar-refractivity contribution in [1.29, 1.82) is 15.9 Å². The topological polar surface area (TPSA) is 97.4 Å². The molecular formula is C13H9BrN4S. The smallest absolute Gasteiger partial charge is 0.106 e. The summed E-state index contributed by atoms with van der Waals surface area (Å²) in [5.41, 5.74) is 6.99. The number of nitrogens with two attached hydrogens (primary N) is 1. The van der Waals surface area contributed by atoms with Crippen LogP contribution in [0.3, 0.4) is 0 Å². The van der Waals surface area contributed by atoms with E-state index < -0.39 is 11.8 Å². The second kappa shape index (κ2) is 5.48. The molecule has 3 N–H and O–H groups in total. The van der Waals surface area contributed by atoms with Crippen LogP contribution in [0.25, 0.3) is 0 Å². The molecule has 0 unspecified atom stereocenters. The van der Waals surface area contributed by atoms with Crippen molar-refractivity contribution in [3.8, 4) is 12.1 Å². The molecule has 2 rings (SSSR count). The minimum atomic E-state index is -0.675. The van der Waals surface area contributed by atoms with Gasteiger partial charge in [-0.15, -0.1) is 0 Å². The Morgan fingerprint density at radius 1 is 1.32 bits per heavy atom. The molecule has 4 nitrogen and oxygen atoms in total. The van der Waals surface area contributed by atoms with Gasteiger partial charge in [0, 0.05) is 10.4 Å². The van der Waals surface area contributed by atoms with Gasteiger partial charge < -0.3 is 5.73 Å². The first-order chi connectivity index (χ1) is 9.10. The molecule has 1 aromatic rings. The molecule has 0 aromatic heterocycles. The van der Waals surface area contributed by atoms with Gasteiger partial charge in [-0.1, -0.05) is 45.9 Å². The lowest BCUT2D eigenvalue weighted by Gasteiger charge is -2.28. The number of halogens is 1. The molecule has 19 heavy (non-hydrogen) atoms. The van der Waals surface area contributed by atoms with Crippen LogP contribution < -0.4 is 5.73 Å². The molecule has 94 valence electrons. The van der Waals surface area contributed by atoms with Crippen molar-refractivity contribution < 1.29 is 0 Å². The number of nitrogens with zero attached hydrogens (tertiary/aromatic N) is 2. The van der Waals surface area contributed by atoms with Gasteiger partial charge in [-0.3, -0.25) is 5.41 Å². The van der Waals surface area contributed by atoms with Crippen LogP contribution in [0.15, 0.2) is 39.3 Å². The summed E-state index contributed by atoms with van der Waals surface area (Å²) < 4.78 is 0.806. The Morgan fingerprint density at radius 3 is 2.58 bits per heavy atom. The molecule has 1 aromatic carbocycles. The van der Waals surface area contributed by atoms with E-state index in [0.717, 1.165) is 21.8 Å². The van der Waals surface area contributed by atoms with Crippen molar-refractivity contribution in [3.63, 3.8) is 0 Å². The summed E-state index contributed by atoms with van der Waals surface area (Å²) in [6, 6.07) is 11.6. The highest BCUT2D eigenvalue weighted by Gasteiger charge is 2.37. The SMILES string of the molecule is N#CC1=C(N)SC(=N)[C@@H](C#N)[C@H]1c1ccccc1Br. The third kappa shape index (κ3) is 2.37. The highest BCUT2D eigenvalue weighted by molar-refractivity contribution is 9.10. The zero-order valence-corrected chi connectivity index (χ0v) is 12.1. The highest BCUT2D eigenvalue weighted by Crippen LogP contribution is 2.44. The fourth-order valence-electron chi connectivity index (χ4n) is 2.03. The Kier molecular flexibility index (Phi) is 3.94. The predicted octanol–water partition coefficient (Wildman–Crippen LogP) is 3.09. The number of nitrogens with one attached hydrogen (secondary N) is 1. The highest BCUT2D eigenvalue weighted by atomic mass is 79.9. The zero-order chi connectivity index (χ0) is 14.0. The predicted molar refractivity (Wildman–Crippen MR) is 78.1 cm³/mol. The largest absolute Gasteiger partial charge is 0.392 e. The van der Waals surface area contributed by atoms with E-state index in [2.05, 4.69) is 28.1 Å². The van der Waals surface area contributed by atoms with Gasteiger partial charge >= 0.3 is 0 Å². The number of allylic oxidation sites excluding steroid dienone is 1. The molecule has 0 fully saturated rings. The Hall–Kier alpha value is -1.76. The summed E-state index contributed by atoms with van der Waals surface area (Å²) in [6.07, 6.45) is 0. The molecule has 0 saturated heterocycles. The van der Waals surface area contributed by atoms with Crippen LogP contribution in [0.4, 0.5) is 0 Å². The Bertz CT molecular complexity index is 653. The third-order valence-electron chi connectivity index (χ3n) is 2.91. The Balaban J connectivity index is 2.66. The quantitative estimate of drug-likeness (QED) is 0.825. The van der Waals surface area contributed by atoms with Crippen LogP contribution in [0.2, 0.25) is 0 Å². The molecule has 2 atom stereocenters. The van der Waals surface area contributed by atoms with Crippen LogP contribution in [0.5, 0.6) is 0 Å². The maximum atomic E-state index is 9.29. The third-order valence-corrected chi connectivity index (χ3v) is 4.55. The molecule has 0 bridgehead atoms. The van der Waals surface area contributed by atoms with Gasteiger partial charge in [0.05, 0.1) is 27.8 Å². The summed E-state index contributed by atoms with van der Waals surface area (Å²) in [4.78, 5) is 0. The van der Waals surface area contributed by atoms with E-state index in [-0.39, 0.29) is 5.04 Å². The van der Waals surface area contributed by atoms with Crippen molar-refractivity contribution in [2.75, 3.05) is 0 Å². The van der Waals surface area contributed by atoms with Gasteiger partial charge in [0.2, 0.25) is 0 Å². The summed E-state index contributed by atoms with van der Waals surface area (Å²) in [5.74, 6) is -1.16. The number of thioether (sulfide) groups is 1. The average Bonchev–Trinajstić information content (AvgIpc) is 2.38. The second-order valence-corrected chi connectivity index (χ2v) is 5.90. The summed E-state index contributed by atoms with van der Waals surface area (Å²) >= 11 is 4.42. The first-order valence-corrected chi connectivity index (χ1v) is 7.01. The van der Waals surface area contributed by atoms with Crippen LogP contribution in [-0.4, -0.2) is 5.04 Å². The molecule has 0 saturated carbocycles.